The smallest absolute Gasteiger partial charge is 0.115 e. The Morgan fingerprint density at radius 3 is 2.58 bits per heavy atom. The number of phenols is 1. The van der Waals surface area contributed by atoms with Crippen LogP contribution in [0.5, 0.6) is 5.75 Å². The zero-order chi connectivity index (χ0) is 21.8. The van der Waals surface area contributed by atoms with Gasteiger partial charge >= 0.3 is 0 Å². The quantitative estimate of drug-likeness (QED) is 0.398. The van der Waals surface area contributed by atoms with Crippen molar-refractivity contribution in [3.8, 4) is 5.75 Å². The summed E-state index contributed by atoms with van der Waals surface area (Å²) in [5.41, 5.74) is 3.07. The summed E-state index contributed by atoms with van der Waals surface area (Å²) in [5, 5.41) is 20.9. The maximum absolute atomic E-state index is 10.7. The summed E-state index contributed by atoms with van der Waals surface area (Å²) in [4.78, 5) is 0. The van der Waals surface area contributed by atoms with Crippen LogP contribution in [0.25, 0.3) is 0 Å². The third kappa shape index (κ3) is 4.83. The van der Waals surface area contributed by atoms with Crippen LogP contribution in [-0.4, -0.2) is 29.5 Å². The predicted molar refractivity (Wildman–Crippen MR) is 127 cm³/mol. The van der Waals surface area contributed by atoms with E-state index in [9.17, 15) is 10.2 Å². The molecule has 3 heteroatoms. The van der Waals surface area contributed by atoms with E-state index in [0.717, 1.165) is 26.1 Å². The number of aromatic hydroxyl groups is 1. The molecular weight excluding hydrogens is 384 g/mol. The van der Waals surface area contributed by atoms with Crippen molar-refractivity contribution in [1.29, 1.82) is 0 Å². The van der Waals surface area contributed by atoms with Gasteiger partial charge in [0.05, 0.1) is 6.10 Å². The highest BCUT2D eigenvalue weighted by atomic mass is 16.5. The lowest BCUT2D eigenvalue weighted by Gasteiger charge is -2.51. The van der Waals surface area contributed by atoms with Crippen molar-refractivity contribution < 1.29 is 14.9 Å². The van der Waals surface area contributed by atoms with E-state index in [0.29, 0.717) is 29.4 Å². The number of ether oxygens (including phenoxy) is 1. The predicted octanol–water partition coefficient (Wildman–Crippen LogP) is 6.92. The Morgan fingerprint density at radius 1 is 1.00 bits per heavy atom. The highest BCUT2D eigenvalue weighted by Crippen LogP contribution is 2.62. The average molecular weight is 429 g/mol. The molecular formula is C28H44O3. The van der Waals surface area contributed by atoms with E-state index in [4.69, 9.17) is 4.74 Å². The summed E-state index contributed by atoms with van der Waals surface area (Å²) < 4.78 is 5.43. The number of aliphatic hydroxyl groups excluding tert-OH is 1. The van der Waals surface area contributed by atoms with Gasteiger partial charge in [0.1, 0.15) is 5.75 Å². The molecule has 0 bridgehead atoms. The normalized spacial score (nSPS) is 34.2. The molecule has 0 aromatic heterocycles. The fourth-order valence-corrected chi connectivity index (χ4v) is 7.40. The molecule has 0 heterocycles. The van der Waals surface area contributed by atoms with Gasteiger partial charge in [0.15, 0.2) is 0 Å². The van der Waals surface area contributed by atoms with E-state index in [1.54, 1.807) is 0 Å². The van der Waals surface area contributed by atoms with Crippen molar-refractivity contribution in [2.75, 3.05) is 13.2 Å². The Morgan fingerprint density at radius 2 is 1.77 bits per heavy atom. The van der Waals surface area contributed by atoms with Crippen LogP contribution < -0.4 is 0 Å². The molecule has 1 aromatic carbocycles. The molecule has 0 radical (unpaired) electrons. The van der Waals surface area contributed by atoms with Crippen molar-refractivity contribution >= 4 is 0 Å². The first-order valence-corrected chi connectivity index (χ1v) is 13.1. The molecule has 6 atom stereocenters. The van der Waals surface area contributed by atoms with E-state index in [-0.39, 0.29) is 11.5 Å². The molecule has 0 unspecified atom stereocenters. The molecule has 3 nitrogen and oxygen atoms in total. The van der Waals surface area contributed by atoms with E-state index in [2.05, 4.69) is 26.0 Å². The first-order valence-electron chi connectivity index (χ1n) is 13.1. The molecule has 31 heavy (non-hydrogen) atoms. The van der Waals surface area contributed by atoms with Crippen LogP contribution in [-0.2, 0) is 4.74 Å². The van der Waals surface area contributed by atoms with Crippen molar-refractivity contribution in [1.82, 2.24) is 0 Å². The minimum atomic E-state index is -0.110. The Labute approximate surface area is 189 Å². The summed E-state index contributed by atoms with van der Waals surface area (Å²) in [6.07, 6.45) is 14.6. The minimum absolute atomic E-state index is 0.110. The number of hydrogen-bond acceptors (Lipinski definition) is 3. The second-order valence-electron chi connectivity index (χ2n) is 10.9. The Bertz CT molecular complexity index is 716. The van der Waals surface area contributed by atoms with Crippen molar-refractivity contribution in [2.45, 2.75) is 109 Å². The lowest BCUT2D eigenvalue weighted by atomic mass is 9.53. The molecule has 0 spiro atoms. The minimum Gasteiger partial charge on any atom is -0.508 e. The van der Waals surface area contributed by atoms with Gasteiger partial charge in [-0.1, -0.05) is 45.1 Å². The highest BCUT2D eigenvalue weighted by Gasteiger charge is 2.55. The largest absolute Gasteiger partial charge is 0.508 e. The molecule has 3 aliphatic carbocycles. The fourth-order valence-electron chi connectivity index (χ4n) is 7.40. The van der Waals surface area contributed by atoms with Gasteiger partial charge in [-0.3, -0.25) is 0 Å². The third-order valence-electron chi connectivity index (χ3n) is 9.15. The Balaban J connectivity index is 1.37. The highest BCUT2D eigenvalue weighted by molar-refractivity contribution is 5.42. The van der Waals surface area contributed by atoms with Gasteiger partial charge in [-0.25, -0.2) is 0 Å². The summed E-state index contributed by atoms with van der Waals surface area (Å²) >= 11 is 0. The standard InChI is InChI=1S/C28H44O3/c1-3-31-17-9-7-5-4-6-8-10-20-18-25-23(22-12-11-21(29)19-24(20)22)15-16-28(2)26(25)13-14-27(28)30/h11-12,19-20,23,25-27,29-30H,3-10,13-18H2,1-2H3/t20-,23-,25-,26+,27+,28+/m1/s1. The first-order chi connectivity index (χ1) is 15.0. The maximum Gasteiger partial charge on any atom is 0.115 e. The summed E-state index contributed by atoms with van der Waals surface area (Å²) in [5.74, 6) is 2.99. The summed E-state index contributed by atoms with van der Waals surface area (Å²) in [6, 6.07) is 6.19. The van der Waals surface area contributed by atoms with Crippen LogP contribution in [0, 0.1) is 17.3 Å². The van der Waals surface area contributed by atoms with Gasteiger partial charge in [0.2, 0.25) is 0 Å². The van der Waals surface area contributed by atoms with Crippen LogP contribution in [0.3, 0.4) is 0 Å². The second kappa shape index (κ2) is 10.3. The lowest BCUT2D eigenvalue weighted by molar-refractivity contribution is -0.0252. The zero-order valence-electron chi connectivity index (χ0n) is 19.8. The van der Waals surface area contributed by atoms with E-state index < -0.39 is 0 Å². The first kappa shape index (κ1) is 23.1. The average Bonchev–Trinajstić information content (AvgIpc) is 3.07. The molecule has 0 saturated heterocycles. The van der Waals surface area contributed by atoms with Crippen LogP contribution in [0.4, 0.5) is 0 Å². The molecule has 174 valence electrons. The van der Waals surface area contributed by atoms with Crippen molar-refractivity contribution in [3.05, 3.63) is 29.3 Å². The maximum atomic E-state index is 10.7. The van der Waals surface area contributed by atoms with Crippen LogP contribution >= 0.6 is 0 Å². The van der Waals surface area contributed by atoms with E-state index in [1.165, 1.54) is 75.3 Å². The molecule has 2 N–H and O–H groups in total. The van der Waals surface area contributed by atoms with Gasteiger partial charge in [-0.05, 0) is 104 Å². The fraction of sp³-hybridized carbons (Fsp3) is 0.786. The SMILES string of the molecule is CCOCCCCCCCC[C@@H]1C[C@@H]2[C@H](CC[C@]3(C)[C@@H](O)CC[C@@H]23)c2ccc(O)cc21. The van der Waals surface area contributed by atoms with Crippen LogP contribution in [0.1, 0.15) is 114 Å². The van der Waals surface area contributed by atoms with Crippen molar-refractivity contribution in [3.63, 3.8) is 0 Å². The molecule has 2 fully saturated rings. The number of rotatable bonds is 10. The summed E-state index contributed by atoms with van der Waals surface area (Å²) in [7, 11) is 0. The number of fused-ring (bicyclic) bond motifs is 5. The molecule has 1 aromatic rings. The van der Waals surface area contributed by atoms with Gasteiger partial charge in [-0.15, -0.1) is 0 Å². The second-order valence-corrected chi connectivity index (χ2v) is 10.9. The molecule has 0 aliphatic heterocycles. The number of benzene rings is 1. The van der Waals surface area contributed by atoms with Gasteiger partial charge < -0.3 is 14.9 Å². The van der Waals surface area contributed by atoms with E-state index in [1.807, 2.05) is 6.07 Å². The monoisotopic (exact) mass is 428 g/mol. The van der Waals surface area contributed by atoms with E-state index >= 15 is 0 Å². The Kier molecular flexibility index (Phi) is 7.64. The number of phenolic OH excluding ortho intramolecular Hbond substituents is 1. The lowest BCUT2D eigenvalue weighted by Crippen LogP contribution is -2.44. The van der Waals surface area contributed by atoms with Crippen LogP contribution in [0.15, 0.2) is 18.2 Å². The number of hydrogen-bond donors (Lipinski definition) is 2. The molecule has 4 rings (SSSR count). The zero-order valence-corrected chi connectivity index (χ0v) is 19.8. The molecule has 3 aliphatic rings. The number of aliphatic hydroxyl groups is 1. The third-order valence-corrected chi connectivity index (χ3v) is 9.15. The molecule has 2 saturated carbocycles. The van der Waals surface area contributed by atoms with Gasteiger partial charge in [-0.2, -0.15) is 0 Å². The van der Waals surface area contributed by atoms with Crippen LogP contribution in [0.2, 0.25) is 0 Å². The topological polar surface area (TPSA) is 49.7 Å². The molecule has 0 amide bonds. The Hall–Kier alpha value is -1.06. The van der Waals surface area contributed by atoms with Gasteiger partial charge in [0, 0.05) is 13.2 Å². The van der Waals surface area contributed by atoms with Crippen molar-refractivity contribution in [2.24, 2.45) is 17.3 Å². The summed E-state index contributed by atoms with van der Waals surface area (Å²) in [6.45, 7) is 6.17. The number of unbranched alkanes of at least 4 members (excludes halogenated alkanes) is 5. The van der Waals surface area contributed by atoms with Gasteiger partial charge in [0.25, 0.3) is 0 Å².